The summed E-state index contributed by atoms with van der Waals surface area (Å²) in [6.07, 6.45) is 2.43. The molecule has 1 aliphatic rings. The highest BCUT2D eigenvalue weighted by Gasteiger charge is 2.47. The molecule has 2 aromatic rings. The minimum atomic E-state index is -0.366. The second kappa shape index (κ2) is 8.34. The molecule has 0 radical (unpaired) electrons. The molecule has 2 atom stereocenters. The highest BCUT2D eigenvalue weighted by atomic mass is 16.5. The second-order valence-electron chi connectivity index (χ2n) is 7.66. The van der Waals surface area contributed by atoms with Crippen molar-refractivity contribution in [1.29, 1.82) is 10.5 Å². The smallest absolute Gasteiger partial charge is 0.224 e. The van der Waals surface area contributed by atoms with Gasteiger partial charge in [0.1, 0.15) is 29.3 Å². The Morgan fingerprint density at radius 1 is 1.28 bits per heavy atom. The van der Waals surface area contributed by atoms with Gasteiger partial charge in [-0.25, -0.2) is 4.98 Å². The van der Waals surface area contributed by atoms with Gasteiger partial charge in [0.15, 0.2) is 0 Å². The first-order valence-electron chi connectivity index (χ1n) is 9.41. The van der Waals surface area contributed by atoms with Gasteiger partial charge in [0.2, 0.25) is 5.95 Å². The van der Waals surface area contributed by atoms with Crippen molar-refractivity contribution in [3.8, 4) is 17.9 Å². The van der Waals surface area contributed by atoms with Gasteiger partial charge in [0.05, 0.1) is 25.0 Å². The van der Waals surface area contributed by atoms with E-state index < -0.39 is 0 Å². The number of nitrogens with one attached hydrogen (secondary N) is 2. The van der Waals surface area contributed by atoms with Gasteiger partial charge in [-0.3, -0.25) is 0 Å². The molecule has 1 saturated carbocycles. The molecule has 3 N–H and O–H groups in total. The summed E-state index contributed by atoms with van der Waals surface area (Å²) in [7, 11) is 1.54. The van der Waals surface area contributed by atoms with Crippen molar-refractivity contribution in [2.45, 2.75) is 38.8 Å². The van der Waals surface area contributed by atoms with Gasteiger partial charge in [-0.05, 0) is 30.5 Å². The maximum absolute atomic E-state index is 9.92. The van der Waals surface area contributed by atoms with E-state index in [9.17, 15) is 10.4 Å². The number of aromatic nitrogens is 2. The number of benzene rings is 1. The van der Waals surface area contributed by atoms with E-state index in [1.807, 2.05) is 26.0 Å². The van der Waals surface area contributed by atoms with Crippen molar-refractivity contribution < 1.29 is 9.84 Å². The molecule has 8 heteroatoms. The summed E-state index contributed by atoms with van der Waals surface area (Å²) in [5, 5.41) is 34.8. The Kier molecular flexibility index (Phi) is 5.86. The van der Waals surface area contributed by atoms with Crippen molar-refractivity contribution in [3.63, 3.8) is 0 Å². The average Bonchev–Trinajstić information content (AvgIpc) is 2.73. The van der Waals surface area contributed by atoms with Crippen LogP contribution >= 0.6 is 0 Å². The molecular formula is C21H24N6O2. The molecule has 150 valence electrons. The molecule has 0 bridgehead atoms. The Labute approximate surface area is 170 Å². The van der Waals surface area contributed by atoms with E-state index in [1.54, 1.807) is 13.2 Å². The lowest BCUT2D eigenvalue weighted by atomic mass is 9.64. The predicted molar refractivity (Wildman–Crippen MR) is 108 cm³/mol. The summed E-state index contributed by atoms with van der Waals surface area (Å²) in [5.41, 5.74) is 1.61. The zero-order chi connectivity index (χ0) is 21.0. The van der Waals surface area contributed by atoms with Crippen LogP contribution in [-0.4, -0.2) is 40.9 Å². The van der Waals surface area contributed by atoms with Gasteiger partial charge in [-0.15, -0.1) is 0 Å². The van der Waals surface area contributed by atoms with E-state index in [1.165, 1.54) is 6.20 Å². The number of methoxy groups -OCH3 is 1. The molecule has 3 rings (SSSR count). The third-order valence-electron chi connectivity index (χ3n) is 5.52. The number of nitriles is 2. The fourth-order valence-electron chi connectivity index (χ4n) is 3.27. The van der Waals surface area contributed by atoms with Crippen molar-refractivity contribution in [1.82, 2.24) is 9.97 Å². The first-order valence-corrected chi connectivity index (χ1v) is 9.41. The van der Waals surface area contributed by atoms with Gasteiger partial charge in [-0.1, -0.05) is 19.9 Å². The Morgan fingerprint density at radius 3 is 2.66 bits per heavy atom. The number of hydrogen-bond acceptors (Lipinski definition) is 8. The van der Waals surface area contributed by atoms with Gasteiger partial charge >= 0.3 is 0 Å². The molecule has 1 heterocycles. The highest BCUT2D eigenvalue weighted by molar-refractivity contribution is 5.54. The molecule has 0 unspecified atom stereocenters. The Hall–Kier alpha value is -3.36. The van der Waals surface area contributed by atoms with E-state index in [0.29, 0.717) is 48.0 Å². The van der Waals surface area contributed by atoms with Crippen molar-refractivity contribution in [2.24, 2.45) is 5.41 Å². The second-order valence-corrected chi connectivity index (χ2v) is 7.66. The standard InChI is InChI=1S/C21H24N6O2/c1-21(2)17(9-18(21)28)26-19-15(11-23)12-25-20(27-19)24-7-6-13-4-5-14(10-22)16(8-13)29-3/h4-5,8,12,17-18,28H,6-7,9H2,1-3H3,(H2,24,25,26,27)/t17-,18+/m1/s1. The Balaban J connectivity index is 1.65. The molecule has 1 fully saturated rings. The fraction of sp³-hybridized carbons (Fsp3) is 0.429. The predicted octanol–water partition coefficient (Wildman–Crippen LogP) is 2.45. The van der Waals surface area contributed by atoms with Gasteiger partial charge in [0, 0.05) is 18.0 Å². The van der Waals surface area contributed by atoms with Crippen LogP contribution in [0.4, 0.5) is 11.8 Å². The number of aliphatic hydroxyl groups excluding tert-OH is 1. The first-order chi connectivity index (χ1) is 13.9. The van der Waals surface area contributed by atoms with E-state index in [0.717, 1.165) is 5.56 Å². The molecule has 0 spiro atoms. The van der Waals surface area contributed by atoms with Gasteiger partial charge < -0.3 is 20.5 Å². The molecule has 0 saturated heterocycles. The summed E-state index contributed by atoms with van der Waals surface area (Å²) in [5.74, 6) is 1.44. The van der Waals surface area contributed by atoms with E-state index >= 15 is 0 Å². The normalized spacial score (nSPS) is 19.4. The van der Waals surface area contributed by atoms with Crippen LogP contribution in [0.5, 0.6) is 5.75 Å². The number of anilines is 2. The number of aliphatic hydroxyl groups is 1. The molecule has 0 aliphatic heterocycles. The maximum atomic E-state index is 9.92. The molecule has 8 nitrogen and oxygen atoms in total. The van der Waals surface area contributed by atoms with E-state index in [2.05, 4.69) is 32.7 Å². The monoisotopic (exact) mass is 392 g/mol. The van der Waals surface area contributed by atoms with Crippen LogP contribution in [0.25, 0.3) is 0 Å². The number of ether oxygens (including phenoxy) is 1. The summed E-state index contributed by atoms with van der Waals surface area (Å²) < 4.78 is 5.24. The average molecular weight is 392 g/mol. The number of rotatable bonds is 7. The first kappa shape index (κ1) is 20.4. The van der Waals surface area contributed by atoms with Crippen LogP contribution in [0.1, 0.15) is 37.0 Å². The van der Waals surface area contributed by atoms with Crippen LogP contribution in [0.15, 0.2) is 24.4 Å². The molecular weight excluding hydrogens is 368 g/mol. The third kappa shape index (κ3) is 4.23. The lowest BCUT2D eigenvalue weighted by molar-refractivity contribution is -0.0511. The van der Waals surface area contributed by atoms with Crippen LogP contribution in [0, 0.1) is 28.1 Å². The topological polar surface area (TPSA) is 127 Å². The molecule has 1 aromatic carbocycles. The SMILES string of the molecule is COc1cc(CCNc2ncc(C#N)c(N[C@@H]3C[C@H](O)C3(C)C)n2)ccc1C#N. The molecule has 1 aromatic heterocycles. The van der Waals surface area contributed by atoms with Gasteiger partial charge in [0.25, 0.3) is 0 Å². The maximum Gasteiger partial charge on any atom is 0.224 e. The van der Waals surface area contributed by atoms with Gasteiger partial charge in [-0.2, -0.15) is 15.5 Å². The zero-order valence-corrected chi connectivity index (χ0v) is 16.7. The minimum absolute atomic E-state index is 0.0402. The molecule has 0 amide bonds. The lowest BCUT2D eigenvalue weighted by Crippen LogP contribution is -2.57. The summed E-state index contributed by atoms with van der Waals surface area (Å²) in [6.45, 7) is 4.54. The zero-order valence-electron chi connectivity index (χ0n) is 16.7. The number of hydrogen-bond donors (Lipinski definition) is 3. The summed E-state index contributed by atoms with van der Waals surface area (Å²) in [4.78, 5) is 8.65. The molecule has 29 heavy (non-hydrogen) atoms. The van der Waals surface area contributed by atoms with E-state index in [4.69, 9.17) is 10.00 Å². The Morgan fingerprint density at radius 2 is 2.03 bits per heavy atom. The van der Waals surface area contributed by atoms with Crippen LogP contribution in [0.3, 0.4) is 0 Å². The van der Waals surface area contributed by atoms with Crippen molar-refractivity contribution in [3.05, 3.63) is 41.1 Å². The highest BCUT2D eigenvalue weighted by Crippen LogP contribution is 2.42. The molecule has 1 aliphatic carbocycles. The Bertz CT molecular complexity index is 976. The quantitative estimate of drug-likeness (QED) is 0.656. The summed E-state index contributed by atoms with van der Waals surface area (Å²) >= 11 is 0. The summed E-state index contributed by atoms with van der Waals surface area (Å²) in [6, 6.07) is 9.71. The lowest BCUT2D eigenvalue weighted by Gasteiger charge is -2.49. The fourth-order valence-corrected chi connectivity index (χ4v) is 3.27. The van der Waals surface area contributed by atoms with Crippen molar-refractivity contribution in [2.75, 3.05) is 24.3 Å². The number of nitrogens with zero attached hydrogens (tertiary/aromatic N) is 4. The van der Waals surface area contributed by atoms with Crippen LogP contribution < -0.4 is 15.4 Å². The van der Waals surface area contributed by atoms with E-state index in [-0.39, 0.29) is 17.6 Å². The minimum Gasteiger partial charge on any atom is -0.495 e. The van der Waals surface area contributed by atoms with Crippen LogP contribution in [-0.2, 0) is 6.42 Å². The third-order valence-corrected chi connectivity index (χ3v) is 5.52. The van der Waals surface area contributed by atoms with Crippen molar-refractivity contribution >= 4 is 11.8 Å². The largest absolute Gasteiger partial charge is 0.495 e. The van der Waals surface area contributed by atoms with Crippen LogP contribution in [0.2, 0.25) is 0 Å².